The Hall–Kier alpha value is -1.38. The summed E-state index contributed by atoms with van der Waals surface area (Å²) in [6.07, 6.45) is -6.18. The maximum absolute atomic E-state index is 9.93. The van der Waals surface area contributed by atoms with Gasteiger partial charge >= 0.3 is 0 Å². The molecule has 7 heteroatoms. The molecule has 7 nitrogen and oxygen atoms in total. The van der Waals surface area contributed by atoms with Gasteiger partial charge in [-0.05, 0) is 30.2 Å². The zero-order chi connectivity index (χ0) is 15.4. The molecular weight excluding hydrogens is 264 g/mol. The highest BCUT2D eigenvalue weighted by Crippen LogP contribution is 2.24. The van der Waals surface area contributed by atoms with Crippen molar-refractivity contribution >= 4 is 11.4 Å². The molecule has 0 heterocycles. The summed E-state index contributed by atoms with van der Waals surface area (Å²) in [7, 11) is 0. The molecule has 4 unspecified atom stereocenters. The molecule has 1 rings (SSSR count). The zero-order valence-corrected chi connectivity index (χ0v) is 11.3. The maximum Gasteiger partial charge on any atom is 0.110 e. The molecule has 20 heavy (non-hydrogen) atoms. The molecule has 0 fully saturated rings. The molecule has 4 atom stereocenters. The molecule has 0 bridgehead atoms. The summed E-state index contributed by atoms with van der Waals surface area (Å²) >= 11 is 0. The number of anilines is 2. The first-order valence-corrected chi connectivity index (χ1v) is 6.26. The Bertz CT molecular complexity index is 455. The molecule has 0 aromatic heterocycles. The fourth-order valence-corrected chi connectivity index (χ4v) is 1.96. The third kappa shape index (κ3) is 3.59. The first kappa shape index (κ1) is 16.7. The van der Waals surface area contributed by atoms with Crippen molar-refractivity contribution in [2.45, 2.75) is 37.8 Å². The smallest absolute Gasteiger partial charge is 0.110 e. The second kappa shape index (κ2) is 6.87. The SMILES string of the molecule is Cc1c(N)ccc(N)c1CC(O)C(O)C(O)C(O)CO. The number of rotatable bonds is 6. The van der Waals surface area contributed by atoms with E-state index in [0.717, 1.165) is 0 Å². The number of hydrogen-bond donors (Lipinski definition) is 7. The van der Waals surface area contributed by atoms with Gasteiger partial charge in [-0.1, -0.05) is 0 Å². The highest BCUT2D eigenvalue weighted by molar-refractivity contribution is 5.61. The molecule has 0 spiro atoms. The summed E-state index contributed by atoms with van der Waals surface area (Å²) in [4.78, 5) is 0. The van der Waals surface area contributed by atoms with Crippen molar-refractivity contribution in [1.82, 2.24) is 0 Å². The van der Waals surface area contributed by atoms with Crippen LogP contribution in [0.3, 0.4) is 0 Å². The highest BCUT2D eigenvalue weighted by atomic mass is 16.4. The van der Waals surface area contributed by atoms with Gasteiger partial charge in [0.05, 0.1) is 12.7 Å². The number of benzene rings is 1. The Labute approximate surface area is 117 Å². The van der Waals surface area contributed by atoms with E-state index in [2.05, 4.69) is 0 Å². The Morgan fingerprint density at radius 3 is 2.00 bits per heavy atom. The van der Waals surface area contributed by atoms with E-state index in [1.165, 1.54) is 0 Å². The third-order valence-electron chi connectivity index (χ3n) is 3.42. The Balaban J connectivity index is 2.86. The van der Waals surface area contributed by atoms with E-state index >= 15 is 0 Å². The van der Waals surface area contributed by atoms with Gasteiger partial charge in [-0.2, -0.15) is 0 Å². The van der Waals surface area contributed by atoms with Crippen molar-refractivity contribution in [2.75, 3.05) is 18.1 Å². The average Bonchev–Trinajstić information content (AvgIpc) is 2.44. The van der Waals surface area contributed by atoms with E-state index in [1.807, 2.05) is 0 Å². The van der Waals surface area contributed by atoms with Crippen molar-refractivity contribution in [3.05, 3.63) is 23.3 Å². The first-order valence-electron chi connectivity index (χ1n) is 6.26. The molecule has 9 N–H and O–H groups in total. The molecular formula is C13H22N2O5. The maximum atomic E-state index is 9.93. The van der Waals surface area contributed by atoms with Gasteiger partial charge in [0.1, 0.15) is 18.3 Å². The molecule has 0 aliphatic carbocycles. The van der Waals surface area contributed by atoms with Crippen LogP contribution in [0.1, 0.15) is 11.1 Å². The number of nitrogens with two attached hydrogens (primary N) is 2. The van der Waals surface area contributed by atoms with Gasteiger partial charge in [0.2, 0.25) is 0 Å². The van der Waals surface area contributed by atoms with Gasteiger partial charge in [0.15, 0.2) is 0 Å². The molecule has 0 aliphatic heterocycles. The lowest BCUT2D eigenvalue weighted by Gasteiger charge is -2.26. The van der Waals surface area contributed by atoms with Crippen LogP contribution in [0.2, 0.25) is 0 Å². The predicted molar refractivity (Wildman–Crippen MR) is 74.8 cm³/mol. The minimum Gasteiger partial charge on any atom is -0.399 e. The summed E-state index contributed by atoms with van der Waals surface area (Å²) in [5.74, 6) is 0. The molecule has 1 aromatic carbocycles. The van der Waals surface area contributed by atoms with Crippen LogP contribution in [0, 0.1) is 6.92 Å². The van der Waals surface area contributed by atoms with Gasteiger partial charge in [0, 0.05) is 17.8 Å². The van der Waals surface area contributed by atoms with Crippen molar-refractivity contribution in [2.24, 2.45) is 0 Å². The third-order valence-corrected chi connectivity index (χ3v) is 3.42. The van der Waals surface area contributed by atoms with E-state index in [0.29, 0.717) is 22.5 Å². The number of nitrogen functional groups attached to an aromatic ring is 2. The van der Waals surface area contributed by atoms with Crippen LogP contribution in [0.25, 0.3) is 0 Å². The van der Waals surface area contributed by atoms with Crippen LogP contribution in [-0.4, -0.2) is 56.6 Å². The number of aliphatic hydroxyl groups excluding tert-OH is 5. The van der Waals surface area contributed by atoms with Crippen LogP contribution < -0.4 is 11.5 Å². The van der Waals surface area contributed by atoms with Gasteiger partial charge in [0.25, 0.3) is 0 Å². The largest absolute Gasteiger partial charge is 0.399 e. The van der Waals surface area contributed by atoms with E-state index in [1.54, 1.807) is 19.1 Å². The van der Waals surface area contributed by atoms with Crippen LogP contribution in [0.4, 0.5) is 11.4 Å². The Morgan fingerprint density at radius 2 is 1.45 bits per heavy atom. The summed E-state index contributed by atoms with van der Waals surface area (Å²) in [6, 6.07) is 3.23. The minimum atomic E-state index is -1.66. The second-order valence-corrected chi connectivity index (χ2v) is 4.85. The molecule has 114 valence electrons. The topological polar surface area (TPSA) is 153 Å². The van der Waals surface area contributed by atoms with E-state index in [9.17, 15) is 20.4 Å². The quantitative estimate of drug-likeness (QED) is 0.303. The van der Waals surface area contributed by atoms with Crippen LogP contribution >= 0.6 is 0 Å². The fourth-order valence-electron chi connectivity index (χ4n) is 1.96. The van der Waals surface area contributed by atoms with Crippen molar-refractivity contribution in [3.8, 4) is 0 Å². The van der Waals surface area contributed by atoms with Gasteiger partial charge in [-0.3, -0.25) is 0 Å². The van der Waals surface area contributed by atoms with E-state index in [-0.39, 0.29) is 6.42 Å². The predicted octanol–water partition coefficient (Wildman–Crippen LogP) is -1.86. The van der Waals surface area contributed by atoms with E-state index < -0.39 is 31.0 Å². The average molecular weight is 286 g/mol. The molecule has 0 aliphatic rings. The minimum absolute atomic E-state index is 0.0287. The molecule has 0 radical (unpaired) electrons. The molecule has 1 aromatic rings. The standard InChI is InChI=1S/C13H22N2O5/c1-6-7(9(15)3-2-8(6)14)4-10(17)12(19)13(20)11(18)5-16/h2-3,10-13,16-20H,4-5,14-15H2,1H3. The Morgan fingerprint density at radius 1 is 0.950 bits per heavy atom. The monoisotopic (exact) mass is 286 g/mol. The lowest BCUT2D eigenvalue weighted by Crippen LogP contribution is -2.46. The first-order chi connectivity index (χ1) is 9.29. The zero-order valence-electron chi connectivity index (χ0n) is 11.3. The summed E-state index contributed by atoms with van der Waals surface area (Å²) in [5, 5.41) is 47.2. The lowest BCUT2D eigenvalue weighted by molar-refractivity contribution is -0.114. The summed E-state index contributed by atoms with van der Waals surface area (Å²) < 4.78 is 0. The normalized spacial score (nSPS) is 17.5. The molecule has 0 saturated heterocycles. The molecule has 0 amide bonds. The van der Waals surface area contributed by atoms with Gasteiger partial charge in [-0.25, -0.2) is 0 Å². The van der Waals surface area contributed by atoms with Gasteiger partial charge in [-0.15, -0.1) is 0 Å². The summed E-state index contributed by atoms with van der Waals surface area (Å²) in [5.41, 5.74) is 13.7. The second-order valence-electron chi connectivity index (χ2n) is 4.85. The highest BCUT2D eigenvalue weighted by Gasteiger charge is 2.30. The number of hydrogen-bond acceptors (Lipinski definition) is 7. The van der Waals surface area contributed by atoms with Crippen LogP contribution in [-0.2, 0) is 6.42 Å². The Kier molecular flexibility index (Phi) is 5.73. The van der Waals surface area contributed by atoms with E-state index in [4.69, 9.17) is 16.6 Å². The van der Waals surface area contributed by atoms with Crippen LogP contribution in [0.15, 0.2) is 12.1 Å². The summed E-state index contributed by atoms with van der Waals surface area (Å²) in [6.45, 7) is 1.02. The number of aliphatic hydroxyl groups is 5. The lowest BCUT2D eigenvalue weighted by atomic mass is 9.94. The van der Waals surface area contributed by atoms with Crippen molar-refractivity contribution in [3.63, 3.8) is 0 Å². The van der Waals surface area contributed by atoms with Gasteiger partial charge < -0.3 is 37.0 Å². The fraction of sp³-hybridized carbons (Fsp3) is 0.538. The van der Waals surface area contributed by atoms with Crippen molar-refractivity contribution in [1.29, 1.82) is 0 Å². The van der Waals surface area contributed by atoms with Crippen molar-refractivity contribution < 1.29 is 25.5 Å². The van der Waals surface area contributed by atoms with Crippen LogP contribution in [0.5, 0.6) is 0 Å². The molecule has 0 saturated carbocycles.